The zero-order valence-electron chi connectivity index (χ0n) is 14.6. The van der Waals surface area contributed by atoms with Crippen LogP contribution in [0.4, 0.5) is 8.78 Å². The van der Waals surface area contributed by atoms with Gasteiger partial charge in [0.2, 0.25) is 5.91 Å². The maximum Gasteiger partial charge on any atom is 0.319 e. The lowest BCUT2D eigenvalue weighted by Crippen LogP contribution is -2.38. The molecule has 0 fully saturated rings. The van der Waals surface area contributed by atoms with Crippen molar-refractivity contribution in [2.45, 2.75) is 13.1 Å². The fourth-order valence-electron chi connectivity index (χ4n) is 2.25. The molecule has 26 heavy (non-hydrogen) atoms. The Morgan fingerprint density at radius 2 is 2.00 bits per heavy atom. The van der Waals surface area contributed by atoms with Crippen LogP contribution in [0.2, 0.25) is 0 Å². The summed E-state index contributed by atoms with van der Waals surface area (Å²) >= 11 is 3.35. The van der Waals surface area contributed by atoms with Crippen LogP contribution in [-0.2, 0) is 11.3 Å². The minimum atomic E-state index is -2.64. The Morgan fingerprint density at radius 1 is 1.31 bits per heavy atom. The van der Waals surface area contributed by atoms with E-state index in [1.54, 1.807) is 23.9 Å². The summed E-state index contributed by atoms with van der Waals surface area (Å²) in [4.78, 5) is 19.3. The third-order valence-electron chi connectivity index (χ3n) is 3.71. The van der Waals surface area contributed by atoms with Gasteiger partial charge in [0.05, 0.1) is 19.6 Å². The van der Waals surface area contributed by atoms with Gasteiger partial charge in [-0.1, -0.05) is 15.9 Å². The van der Waals surface area contributed by atoms with Crippen LogP contribution in [0, 0.1) is 0 Å². The molecule has 9 heteroatoms. The third-order valence-corrected chi connectivity index (χ3v) is 4.24. The van der Waals surface area contributed by atoms with Crippen molar-refractivity contribution in [3.63, 3.8) is 0 Å². The molecule has 6 nitrogen and oxygen atoms in total. The molecule has 1 aromatic carbocycles. The summed E-state index contributed by atoms with van der Waals surface area (Å²) in [5, 5.41) is 0. The topological polar surface area (TPSA) is 50.6 Å². The first-order valence-corrected chi connectivity index (χ1v) is 8.77. The average Bonchev–Trinajstić information content (AvgIpc) is 3.04. The second-order valence-electron chi connectivity index (χ2n) is 5.82. The molecule has 142 valence electrons. The van der Waals surface area contributed by atoms with Crippen LogP contribution >= 0.6 is 15.9 Å². The predicted octanol–water partition coefficient (Wildman–Crippen LogP) is 3.01. The summed E-state index contributed by atoms with van der Waals surface area (Å²) in [6.45, 7) is -1.59. The number of carbonyl (C=O) groups is 1. The molecule has 0 spiro atoms. The highest BCUT2D eigenvalue weighted by Gasteiger charge is 2.16. The van der Waals surface area contributed by atoms with Crippen molar-refractivity contribution in [3.8, 4) is 5.75 Å². The van der Waals surface area contributed by atoms with Crippen LogP contribution in [0.25, 0.3) is 0 Å². The minimum Gasteiger partial charge on any atom is -0.492 e. The average molecular weight is 431 g/mol. The molecule has 1 amide bonds. The summed E-state index contributed by atoms with van der Waals surface area (Å²) in [6.07, 6.45) is 2.55. The molecule has 0 radical (unpaired) electrons. The Bertz CT molecular complexity index is 709. The maximum absolute atomic E-state index is 12.8. The van der Waals surface area contributed by atoms with Gasteiger partial charge in [-0.05, 0) is 31.3 Å². The van der Waals surface area contributed by atoms with Gasteiger partial charge in [0, 0.05) is 23.9 Å². The second kappa shape index (κ2) is 9.63. The number of ether oxygens (including phenoxy) is 1. The van der Waals surface area contributed by atoms with Crippen molar-refractivity contribution >= 4 is 21.8 Å². The summed E-state index contributed by atoms with van der Waals surface area (Å²) < 4.78 is 33.0. The summed E-state index contributed by atoms with van der Waals surface area (Å²) in [7, 11) is 3.37. The van der Waals surface area contributed by atoms with E-state index >= 15 is 0 Å². The van der Waals surface area contributed by atoms with Gasteiger partial charge in [-0.25, -0.2) is 4.98 Å². The lowest BCUT2D eigenvalue weighted by molar-refractivity contribution is -0.131. The van der Waals surface area contributed by atoms with E-state index in [-0.39, 0.29) is 24.8 Å². The fraction of sp³-hybridized carbons (Fsp3) is 0.412. The van der Waals surface area contributed by atoms with E-state index in [0.717, 1.165) is 14.8 Å². The standard InChI is InChI=1S/C17H21BrF2N4O2/c1-22(11-15-21-7-8-24(15)17(19)20)12-16(25)23(2)9-10-26-14-5-3-13(18)4-6-14/h3-8,17H,9-12H2,1-2H3. The number of likely N-dealkylation sites (N-methyl/N-ethyl adjacent to an activating group) is 2. The molecule has 0 saturated heterocycles. The van der Waals surface area contributed by atoms with Gasteiger partial charge in [-0.3, -0.25) is 14.3 Å². The molecule has 0 atom stereocenters. The summed E-state index contributed by atoms with van der Waals surface area (Å²) in [5.74, 6) is 0.823. The first-order chi connectivity index (χ1) is 12.4. The Kier molecular flexibility index (Phi) is 7.52. The highest BCUT2D eigenvalue weighted by atomic mass is 79.9. The van der Waals surface area contributed by atoms with E-state index in [0.29, 0.717) is 13.2 Å². The molecule has 2 aromatic rings. The Labute approximate surface area is 159 Å². The van der Waals surface area contributed by atoms with Gasteiger partial charge in [0.25, 0.3) is 0 Å². The normalized spacial score (nSPS) is 11.2. The number of halogens is 3. The van der Waals surface area contributed by atoms with Crippen molar-refractivity contribution in [1.82, 2.24) is 19.4 Å². The van der Waals surface area contributed by atoms with Crippen molar-refractivity contribution in [2.75, 3.05) is 33.8 Å². The van der Waals surface area contributed by atoms with Gasteiger partial charge in [-0.2, -0.15) is 8.78 Å². The van der Waals surface area contributed by atoms with E-state index in [1.807, 2.05) is 24.3 Å². The number of aromatic nitrogens is 2. The van der Waals surface area contributed by atoms with E-state index in [1.165, 1.54) is 12.4 Å². The molecule has 0 aliphatic carbocycles. The number of amides is 1. The Morgan fingerprint density at radius 3 is 2.65 bits per heavy atom. The highest BCUT2D eigenvalue weighted by Crippen LogP contribution is 2.16. The van der Waals surface area contributed by atoms with E-state index in [2.05, 4.69) is 20.9 Å². The fourth-order valence-corrected chi connectivity index (χ4v) is 2.51. The molecule has 0 saturated carbocycles. The molecule has 0 bridgehead atoms. The van der Waals surface area contributed by atoms with Crippen LogP contribution < -0.4 is 4.74 Å². The molecule has 1 aromatic heterocycles. The lowest BCUT2D eigenvalue weighted by atomic mass is 10.3. The Hall–Kier alpha value is -2.00. The number of rotatable bonds is 9. The smallest absolute Gasteiger partial charge is 0.319 e. The van der Waals surface area contributed by atoms with Crippen LogP contribution in [-0.4, -0.2) is 59.0 Å². The van der Waals surface area contributed by atoms with E-state index in [9.17, 15) is 13.6 Å². The first kappa shape index (κ1) is 20.3. The SMILES string of the molecule is CN(CC(=O)N(C)CCOc1ccc(Br)cc1)Cc1nccn1C(F)F. The number of hydrogen-bond acceptors (Lipinski definition) is 4. The largest absolute Gasteiger partial charge is 0.492 e. The lowest BCUT2D eigenvalue weighted by Gasteiger charge is -2.22. The summed E-state index contributed by atoms with van der Waals surface area (Å²) in [6, 6.07) is 7.43. The zero-order valence-corrected chi connectivity index (χ0v) is 16.2. The zero-order chi connectivity index (χ0) is 19.1. The number of benzene rings is 1. The maximum atomic E-state index is 12.8. The van der Waals surface area contributed by atoms with Gasteiger partial charge in [-0.15, -0.1) is 0 Å². The van der Waals surface area contributed by atoms with Crippen molar-refractivity contribution in [2.24, 2.45) is 0 Å². The van der Waals surface area contributed by atoms with Crippen molar-refractivity contribution < 1.29 is 18.3 Å². The van der Waals surface area contributed by atoms with Gasteiger partial charge in [0.15, 0.2) is 0 Å². The molecular formula is C17H21BrF2N4O2. The van der Waals surface area contributed by atoms with E-state index < -0.39 is 6.55 Å². The molecule has 0 unspecified atom stereocenters. The number of carbonyl (C=O) groups excluding carboxylic acids is 1. The molecular weight excluding hydrogens is 410 g/mol. The quantitative estimate of drug-likeness (QED) is 0.613. The van der Waals surface area contributed by atoms with Crippen molar-refractivity contribution in [1.29, 1.82) is 0 Å². The third kappa shape index (κ3) is 6.06. The Balaban J connectivity index is 1.75. The number of alkyl halides is 2. The van der Waals surface area contributed by atoms with Crippen LogP contribution in [0.1, 0.15) is 12.4 Å². The van der Waals surface area contributed by atoms with Crippen LogP contribution in [0.3, 0.4) is 0 Å². The van der Waals surface area contributed by atoms with Gasteiger partial charge < -0.3 is 9.64 Å². The highest BCUT2D eigenvalue weighted by molar-refractivity contribution is 9.10. The first-order valence-electron chi connectivity index (χ1n) is 7.97. The molecule has 0 N–H and O–H groups in total. The van der Waals surface area contributed by atoms with Gasteiger partial charge in [0.1, 0.15) is 18.2 Å². The second-order valence-corrected chi connectivity index (χ2v) is 6.73. The molecule has 0 aliphatic rings. The van der Waals surface area contributed by atoms with Crippen LogP contribution in [0.5, 0.6) is 5.75 Å². The monoisotopic (exact) mass is 430 g/mol. The molecule has 0 aliphatic heterocycles. The number of imidazole rings is 1. The minimum absolute atomic E-state index is 0.102. The molecule has 1 heterocycles. The number of nitrogens with zero attached hydrogens (tertiary/aromatic N) is 4. The molecule has 2 rings (SSSR count). The van der Waals surface area contributed by atoms with E-state index in [4.69, 9.17) is 4.74 Å². The summed E-state index contributed by atoms with van der Waals surface area (Å²) in [5.41, 5.74) is 0. The number of hydrogen-bond donors (Lipinski definition) is 0. The van der Waals surface area contributed by atoms with Gasteiger partial charge >= 0.3 is 6.55 Å². The van der Waals surface area contributed by atoms with Crippen molar-refractivity contribution in [3.05, 3.63) is 47.0 Å². The van der Waals surface area contributed by atoms with Crippen LogP contribution in [0.15, 0.2) is 41.1 Å². The predicted molar refractivity (Wildman–Crippen MR) is 97.1 cm³/mol.